The molecule has 33 heavy (non-hydrogen) atoms. The number of aromatic nitrogens is 3. The van der Waals surface area contributed by atoms with Crippen molar-refractivity contribution in [2.24, 2.45) is 5.92 Å². The Morgan fingerprint density at radius 3 is 2.48 bits per heavy atom. The molecular weight excluding hydrogens is 416 g/mol. The summed E-state index contributed by atoms with van der Waals surface area (Å²) in [7, 11) is 1.72. The van der Waals surface area contributed by atoms with Crippen LogP contribution in [0.1, 0.15) is 25.7 Å². The highest BCUT2D eigenvalue weighted by Crippen LogP contribution is 2.29. The number of para-hydroxylation sites is 2. The van der Waals surface area contributed by atoms with Crippen LogP contribution in [0.4, 0.5) is 11.5 Å². The van der Waals surface area contributed by atoms with Crippen LogP contribution in [-0.2, 0) is 6.54 Å². The predicted molar refractivity (Wildman–Crippen MR) is 129 cm³/mol. The molecule has 174 valence electrons. The Bertz CT molecular complexity index is 1040. The lowest BCUT2D eigenvalue weighted by molar-refractivity contribution is 0.215. The van der Waals surface area contributed by atoms with Crippen molar-refractivity contribution in [2.75, 3.05) is 56.2 Å². The van der Waals surface area contributed by atoms with E-state index in [1.165, 1.54) is 12.8 Å². The van der Waals surface area contributed by atoms with Crippen LogP contribution in [0.15, 0.2) is 47.1 Å². The molecule has 0 spiro atoms. The van der Waals surface area contributed by atoms with Gasteiger partial charge in [-0.25, -0.2) is 4.98 Å². The van der Waals surface area contributed by atoms with Crippen molar-refractivity contribution in [3.8, 4) is 17.1 Å². The summed E-state index contributed by atoms with van der Waals surface area (Å²) in [6.45, 7) is 8.85. The van der Waals surface area contributed by atoms with Gasteiger partial charge in [0, 0.05) is 51.0 Å². The quantitative estimate of drug-likeness (QED) is 0.565. The molecule has 2 saturated heterocycles. The monoisotopic (exact) mass is 448 g/mol. The van der Waals surface area contributed by atoms with Crippen molar-refractivity contribution in [2.45, 2.75) is 26.3 Å². The first-order valence-electron chi connectivity index (χ1n) is 11.8. The van der Waals surface area contributed by atoms with Crippen molar-refractivity contribution in [1.29, 1.82) is 0 Å². The van der Waals surface area contributed by atoms with Crippen LogP contribution in [0.2, 0.25) is 0 Å². The predicted octanol–water partition coefficient (Wildman–Crippen LogP) is 3.70. The Kier molecular flexibility index (Phi) is 6.44. The van der Waals surface area contributed by atoms with Crippen LogP contribution in [0.25, 0.3) is 11.4 Å². The number of methoxy groups -OCH3 is 1. The summed E-state index contributed by atoms with van der Waals surface area (Å²) in [5, 5.41) is 4.20. The van der Waals surface area contributed by atoms with Crippen molar-refractivity contribution >= 4 is 11.5 Å². The Labute approximate surface area is 195 Å². The van der Waals surface area contributed by atoms with Crippen LogP contribution < -0.4 is 14.5 Å². The normalized spacial score (nSPS) is 18.0. The molecule has 4 heterocycles. The summed E-state index contributed by atoms with van der Waals surface area (Å²) < 4.78 is 11.1. The van der Waals surface area contributed by atoms with E-state index in [1.54, 1.807) is 7.11 Å². The highest BCUT2D eigenvalue weighted by Gasteiger charge is 2.22. The van der Waals surface area contributed by atoms with E-state index in [1.807, 2.05) is 24.4 Å². The number of hydrogen-bond acceptors (Lipinski definition) is 8. The van der Waals surface area contributed by atoms with Crippen LogP contribution in [0.3, 0.4) is 0 Å². The van der Waals surface area contributed by atoms with Gasteiger partial charge >= 0.3 is 0 Å². The van der Waals surface area contributed by atoms with Crippen LogP contribution in [0, 0.1) is 5.92 Å². The second-order valence-corrected chi connectivity index (χ2v) is 9.02. The minimum atomic E-state index is 0.601. The van der Waals surface area contributed by atoms with Crippen LogP contribution in [-0.4, -0.2) is 66.4 Å². The first kappa shape index (κ1) is 21.7. The number of hydrogen-bond donors (Lipinski definition) is 0. The lowest BCUT2D eigenvalue weighted by Gasteiger charge is -2.35. The maximum Gasteiger partial charge on any atom is 0.241 e. The molecule has 0 atom stereocenters. The van der Waals surface area contributed by atoms with E-state index in [9.17, 15) is 0 Å². The number of ether oxygens (including phenoxy) is 1. The maximum absolute atomic E-state index is 5.55. The summed E-state index contributed by atoms with van der Waals surface area (Å²) in [4.78, 5) is 16.4. The average molecular weight is 449 g/mol. The molecule has 2 fully saturated rings. The molecule has 0 N–H and O–H groups in total. The van der Waals surface area contributed by atoms with Gasteiger partial charge in [0.2, 0.25) is 11.7 Å². The zero-order valence-electron chi connectivity index (χ0n) is 19.5. The number of anilines is 2. The third-order valence-corrected chi connectivity index (χ3v) is 6.74. The highest BCUT2D eigenvalue weighted by molar-refractivity contribution is 5.59. The SMILES string of the molecule is COc1ccccc1N1CCN(Cc2nc(-c3ccc(N4CCC(C)CC4)nc3)no2)CC1. The number of piperazine rings is 1. The number of benzene rings is 1. The molecule has 5 rings (SSSR count). The van der Waals surface area contributed by atoms with Crippen molar-refractivity contribution in [3.63, 3.8) is 0 Å². The smallest absolute Gasteiger partial charge is 0.241 e. The van der Waals surface area contributed by atoms with Gasteiger partial charge in [0.15, 0.2) is 0 Å². The molecule has 3 aromatic rings. The molecule has 1 aromatic carbocycles. The van der Waals surface area contributed by atoms with Gasteiger partial charge in [-0.15, -0.1) is 0 Å². The second kappa shape index (κ2) is 9.79. The summed E-state index contributed by atoms with van der Waals surface area (Å²) >= 11 is 0. The number of pyridine rings is 1. The minimum absolute atomic E-state index is 0.601. The van der Waals surface area contributed by atoms with E-state index >= 15 is 0 Å². The zero-order valence-corrected chi connectivity index (χ0v) is 19.5. The van der Waals surface area contributed by atoms with E-state index in [2.05, 4.69) is 54.9 Å². The van der Waals surface area contributed by atoms with Gasteiger partial charge in [-0.05, 0) is 43.0 Å². The second-order valence-electron chi connectivity index (χ2n) is 9.02. The molecule has 0 amide bonds. The fraction of sp³-hybridized carbons (Fsp3) is 0.480. The summed E-state index contributed by atoms with van der Waals surface area (Å²) in [6, 6.07) is 12.3. The maximum atomic E-state index is 5.55. The number of nitrogens with zero attached hydrogens (tertiary/aromatic N) is 6. The topological polar surface area (TPSA) is 70.8 Å². The molecule has 2 aromatic heterocycles. The molecule has 8 nitrogen and oxygen atoms in total. The average Bonchev–Trinajstić information content (AvgIpc) is 3.33. The Balaban J connectivity index is 1.16. The van der Waals surface area contributed by atoms with Gasteiger partial charge in [0.1, 0.15) is 11.6 Å². The molecule has 8 heteroatoms. The van der Waals surface area contributed by atoms with Gasteiger partial charge in [-0.3, -0.25) is 4.90 Å². The molecule has 0 unspecified atom stereocenters. The first-order valence-corrected chi connectivity index (χ1v) is 11.8. The fourth-order valence-corrected chi connectivity index (χ4v) is 4.61. The van der Waals surface area contributed by atoms with E-state index in [4.69, 9.17) is 9.26 Å². The van der Waals surface area contributed by atoms with Gasteiger partial charge < -0.3 is 19.1 Å². The Morgan fingerprint density at radius 1 is 0.970 bits per heavy atom. The van der Waals surface area contributed by atoms with E-state index in [0.29, 0.717) is 18.3 Å². The molecular formula is C25H32N6O2. The van der Waals surface area contributed by atoms with Gasteiger partial charge in [-0.1, -0.05) is 24.2 Å². The Hall–Kier alpha value is -3.13. The highest BCUT2D eigenvalue weighted by atomic mass is 16.5. The molecule has 0 bridgehead atoms. The lowest BCUT2D eigenvalue weighted by Crippen LogP contribution is -2.46. The third-order valence-electron chi connectivity index (χ3n) is 6.74. The summed E-state index contributed by atoms with van der Waals surface area (Å²) in [5.74, 6) is 4.00. The fourth-order valence-electron chi connectivity index (χ4n) is 4.61. The van der Waals surface area contributed by atoms with Crippen molar-refractivity contribution in [3.05, 3.63) is 48.5 Å². The van der Waals surface area contributed by atoms with Crippen LogP contribution >= 0.6 is 0 Å². The largest absolute Gasteiger partial charge is 0.495 e. The standard InChI is InChI=1S/C25H32N6O2/c1-19-9-11-31(12-10-19)23-8-7-20(17-26-23)25-27-24(33-28-25)18-29-13-15-30(16-14-29)21-5-3-4-6-22(21)32-2/h3-8,17,19H,9-16,18H2,1-2H3. The molecule has 0 saturated carbocycles. The molecule has 0 radical (unpaired) electrons. The molecule has 0 aliphatic carbocycles. The van der Waals surface area contributed by atoms with Gasteiger partial charge in [0.05, 0.1) is 19.3 Å². The van der Waals surface area contributed by atoms with Gasteiger partial charge in [-0.2, -0.15) is 4.98 Å². The van der Waals surface area contributed by atoms with Crippen LogP contribution in [0.5, 0.6) is 5.75 Å². The molecule has 2 aliphatic rings. The summed E-state index contributed by atoms with van der Waals surface area (Å²) in [5.41, 5.74) is 2.04. The third kappa shape index (κ3) is 4.95. The van der Waals surface area contributed by atoms with E-state index in [0.717, 1.165) is 68.0 Å². The van der Waals surface area contributed by atoms with E-state index < -0.39 is 0 Å². The first-order chi connectivity index (χ1) is 16.2. The van der Waals surface area contributed by atoms with E-state index in [-0.39, 0.29) is 0 Å². The summed E-state index contributed by atoms with van der Waals surface area (Å²) in [6.07, 6.45) is 4.31. The van der Waals surface area contributed by atoms with Gasteiger partial charge in [0.25, 0.3) is 0 Å². The van der Waals surface area contributed by atoms with Crippen molar-refractivity contribution in [1.82, 2.24) is 20.0 Å². The lowest BCUT2D eigenvalue weighted by atomic mass is 9.99. The number of rotatable bonds is 6. The van der Waals surface area contributed by atoms with Crippen molar-refractivity contribution < 1.29 is 9.26 Å². The Morgan fingerprint density at radius 2 is 1.76 bits per heavy atom. The molecule has 2 aliphatic heterocycles. The zero-order chi connectivity index (χ0) is 22.6. The minimum Gasteiger partial charge on any atom is -0.495 e. The number of piperidine rings is 1.